The highest BCUT2D eigenvalue weighted by molar-refractivity contribution is 5.40. The van der Waals surface area contributed by atoms with Crippen LogP contribution in [0.1, 0.15) is 13.8 Å². The van der Waals surface area contributed by atoms with E-state index in [1.807, 2.05) is 24.1 Å². The van der Waals surface area contributed by atoms with Crippen molar-refractivity contribution in [2.75, 3.05) is 18.4 Å². The van der Waals surface area contributed by atoms with Crippen molar-refractivity contribution in [1.82, 2.24) is 14.7 Å². The van der Waals surface area contributed by atoms with Gasteiger partial charge in [0.2, 0.25) is 0 Å². The van der Waals surface area contributed by atoms with Crippen molar-refractivity contribution in [3.05, 3.63) is 12.4 Å². The molecular weight excluding hydrogens is 176 g/mol. The Balaban J connectivity index is 1.79. The number of aryl methyl sites for hydroxylation is 1. The fourth-order valence-electron chi connectivity index (χ4n) is 1.76. The van der Waals surface area contributed by atoms with Gasteiger partial charge in [-0.25, -0.2) is 0 Å². The summed E-state index contributed by atoms with van der Waals surface area (Å²) < 4.78 is 1.82. The second kappa shape index (κ2) is 3.61. The summed E-state index contributed by atoms with van der Waals surface area (Å²) in [7, 11) is 1.94. The van der Waals surface area contributed by atoms with Crippen LogP contribution in [-0.2, 0) is 7.05 Å². The third kappa shape index (κ3) is 1.90. The molecule has 0 bridgehead atoms. The van der Waals surface area contributed by atoms with Crippen molar-refractivity contribution in [1.29, 1.82) is 0 Å². The van der Waals surface area contributed by atoms with E-state index in [0.717, 1.165) is 18.8 Å². The molecule has 4 heteroatoms. The topological polar surface area (TPSA) is 33.1 Å². The largest absolute Gasteiger partial charge is 0.377 e. The summed E-state index contributed by atoms with van der Waals surface area (Å²) in [5, 5.41) is 7.58. The minimum atomic E-state index is 0.599. The van der Waals surface area contributed by atoms with Gasteiger partial charge in [0.1, 0.15) is 0 Å². The molecule has 0 aromatic carbocycles. The van der Waals surface area contributed by atoms with E-state index in [4.69, 9.17) is 0 Å². The van der Waals surface area contributed by atoms with Crippen molar-refractivity contribution in [2.45, 2.75) is 25.9 Å². The lowest BCUT2D eigenvalue weighted by Gasteiger charge is -2.42. The smallest absolute Gasteiger partial charge is 0.0729 e. The van der Waals surface area contributed by atoms with Crippen LogP contribution >= 0.6 is 0 Å². The number of aromatic nitrogens is 2. The standard InChI is InChI=1S/C10H18N4/c1-8(2)14-6-10(7-14)12-9-4-11-13(3)5-9/h4-5,8,10,12H,6-7H2,1-3H3. The first-order chi connectivity index (χ1) is 6.65. The predicted molar refractivity (Wildman–Crippen MR) is 57.3 cm³/mol. The van der Waals surface area contributed by atoms with Crippen LogP contribution in [0.15, 0.2) is 12.4 Å². The minimum Gasteiger partial charge on any atom is -0.377 e. The molecule has 1 saturated heterocycles. The van der Waals surface area contributed by atoms with Crippen molar-refractivity contribution in [2.24, 2.45) is 7.05 Å². The number of anilines is 1. The monoisotopic (exact) mass is 194 g/mol. The van der Waals surface area contributed by atoms with Gasteiger partial charge in [0, 0.05) is 32.4 Å². The molecule has 0 saturated carbocycles. The molecule has 0 amide bonds. The molecule has 1 aliphatic heterocycles. The highest BCUT2D eigenvalue weighted by atomic mass is 15.3. The van der Waals surface area contributed by atoms with Gasteiger partial charge in [-0.3, -0.25) is 9.58 Å². The van der Waals surface area contributed by atoms with E-state index >= 15 is 0 Å². The van der Waals surface area contributed by atoms with E-state index < -0.39 is 0 Å². The third-order valence-corrected chi connectivity index (χ3v) is 2.72. The van der Waals surface area contributed by atoms with Crippen LogP contribution < -0.4 is 5.32 Å². The first kappa shape index (κ1) is 9.52. The zero-order valence-electron chi connectivity index (χ0n) is 9.07. The van der Waals surface area contributed by atoms with Gasteiger partial charge in [-0.05, 0) is 13.8 Å². The Bertz CT molecular complexity index is 299. The summed E-state index contributed by atoms with van der Waals surface area (Å²) in [5.74, 6) is 0. The van der Waals surface area contributed by atoms with Gasteiger partial charge in [0.05, 0.1) is 17.9 Å². The molecule has 1 aliphatic rings. The number of nitrogens with one attached hydrogen (secondary N) is 1. The van der Waals surface area contributed by atoms with E-state index in [1.54, 1.807) is 0 Å². The Hall–Kier alpha value is -1.03. The molecule has 4 nitrogen and oxygen atoms in total. The Morgan fingerprint density at radius 1 is 1.50 bits per heavy atom. The van der Waals surface area contributed by atoms with E-state index in [9.17, 15) is 0 Å². The van der Waals surface area contributed by atoms with Crippen LogP contribution in [0.4, 0.5) is 5.69 Å². The lowest BCUT2D eigenvalue weighted by Crippen LogP contribution is -2.57. The molecule has 2 rings (SSSR count). The number of nitrogens with zero attached hydrogens (tertiary/aromatic N) is 3. The molecule has 1 aromatic rings. The molecule has 1 N–H and O–H groups in total. The van der Waals surface area contributed by atoms with Gasteiger partial charge in [-0.15, -0.1) is 0 Å². The molecule has 0 aliphatic carbocycles. The van der Waals surface area contributed by atoms with E-state index in [2.05, 4.69) is 29.2 Å². The Morgan fingerprint density at radius 3 is 2.71 bits per heavy atom. The average Bonchev–Trinajstić information content (AvgIpc) is 2.42. The predicted octanol–water partition coefficient (Wildman–Crippen LogP) is 0.925. The maximum Gasteiger partial charge on any atom is 0.0729 e. The summed E-state index contributed by atoms with van der Waals surface area (Å²) in [6.07, 6.45) is 3.88. The summed E-state index contributed by atoms with van der Waals surface area (Å²) in [4.78, 5) is 2.45. The SMILES string of the molecule is CC(C)N1CC(Nc2cnn(C)c2)C1. The fourth-order valence-corrected chi connectivity index (χ4v) is 1.76. The van der Waals surface area contributed by atoms with Crippen LogP contribution in [-0.4, -0.2) is 39.9 Å². The molecule has 0 radical (unpaired) electrons. The molecule has 1 aromatic heterocycles. The third-order valence-electron chi connectivity index (χ3n) is 2.72. The lowest BCUT2D eigenvalue weighted by molar-refractivity contribution is 0.122. The summed E-state index contributed by atoms with van der Waals surface area (Å²) >= 11 is 0. The van der Waals surface area contributed by atoms with Crippen molar-refractivity contribution in [3.8, 4) is 0 Å². The zero-order valence-corrected chi connectivity index (χ0v) is 9.07. The second-order valence-electron chi connectivity index (χ2n) is 4.29. The Morgan fingerprint density at radius 2 is 2.21 bits per heavy atom. The first-order valence-corrected chi connectivity index (χ1v) is 5.14. The number of likely N-dealkylation sites (tertiary alicyclic amines) is 1. The van der Waals surface area contributed by atoms with Gasteiger partial charge in [0.25, 0.3) is 0 Å². The highest BCUT2D eigenvalue weighted by Crippen LogP contribution is 2.16. The van der Waals surface area contributed by atoms with Gasteiger partial charge >= 0.3 is 0 Å². The van der Waals surface area contributed by atoms with Gasteiger partial charge < -0.3 is 5.32 Å². The maximum atomic E-state index is 4.12. The lowest BCUT2D eigenvalue weighted by atomic mass is 10.1. The maximum absolute atomic E-state index is 4.12. The highest BCUT2D eigenvalue weighted by Gasteiger charge is 2.28. The molecule has 0 unspecified atom stereocenters. The van der Waals surface area contributed by atoms with E-state index in [0.29, 0.717) is 12.1 Å². The normalized spacial score (nSPS) is 18.6. The van der Waals surface area contributed by atoms with Gasteiger partial charge in [0.15, 0.2) is 0 Å². The number of rotatable bonds is 3. The summed E-state index contributed by atoms with van der Waals surface area (Å²) in [6.45, 7) is 6.76. The molecule has 14 heavy (non-hydrogen) atoms. The summed E-state index contributed by atoms with van der Waals surface area (Å²) in [5.41, 5.74) is 1.13. The summed E-state index contributed by atoms with van der Waals surface area (Å²) in [6, 6.07) is 1.27. The van der Waals surface area contributed by atoms with Crippen LogP contribution in [0.25, 0.3) is 0 Å². The molecule has 0 atom stereocenters. The minimum absolute atomic E-state index is 0.599. The van der Waals surface area contributed by atoms with Crippen molar-refractivity contribution in [3.63, 3.8) is 0 Å². The zero-order chi connectivity index (χ0) is 10.1. The quantitative estimate of drug-likeness (QED) is 0.777. The molecule has 2 heterocycles. The van der Waals surface area contributed by atoms with E-state index in [-0.39, 0.29) is 0 Å². The van der Waals surface area contributed by atoms with Crippen molar-refractivity contribution < 1.29 is 0 Å². The molecule has 78 valence electrons. The molecular formula is C10H18N4. The Labute approximate surface area is 84.9 Å². The fraction of sp³-hybridized carbons (Fsp3) is 0.700. The number of hydrogen-bond acceptors (Lipinski definition) is 3. The number of hydrogen-bond donors (Lipinski definition) is 1. The van der Waals surface area contributed by atoms with Gasteiger partial charge in [-0.1, -0.05) is 0 Å². The van der Waals surface area contributed by atoms with Gasteiger partial charge in [-0.2, -0.15) is 5.10 Å². The first-order valence-electron chi connectivity index (χ1n) is 5.14. The van der Waals surface area contributed by atoms with Crippen LogP contribution in [0.5, 0.6) is 0 Å². The van der Waals surface area contributed by atoms with Crippen LogP contribution in [0.3, 0.4) is 0 Å². The molecule has 0 spiro atoms. The van der Waals surface area contributed by atoms with Crippen molar-refractivity contribution >= 4 is 5.69 Å². The molecule has 1 fully saturated rings. The van der Waals surface area contributed by atoms with E-state index in [1.165, 1.54) is 0 Å². The second-order valence-corrected chi connectivity index (χ2v) is 4.29. The van der Waals surface area contributed by atoms with Crippen LogP contribution in [0.2, 0.25) is 0 Å². The Kier molecular flexibility index (Phi) is 2.46. The average molecular weight is 194 g/mol. The van der Waals surface area contributed by atoms with Crippen LogP contribution in [0, 0.1) is 0 Å².